The molecule has 21 heavy (non-hydrogen) atoms. The van der Waals surface area contributed by atoms with Gasteiger partial charge in [-0.05, 0) is 38.1 Å². The van der Waals surface area contributed by atoms with Crippen molar-refractivity contribution in [2.75, 3.05) is 32.8 Å². The van der Waals surface area contributed by atoms with Crippen LogP contribution in [-0.4, -0.2) is 49.3 Å². The fraction of sp³-hybridized carbons (Fsp3) is 1.00. The SMILES string of the molecule is CCNC(C1CCCCC1)C1(N2CCOCC2)CCCC1. The summed E-state index contributed by atoms with van der Waals surface area (Å²) < 4.78 is 5.63. The molecule has 122 valence electrons. The van der Waals surface area contributed by atoms with Gasteiger partial charge in [-0.3, -0.25) is 4.90 Å². The third-order valence-corrected chi connectivity index (χ3v) is 6.23. The summed E-state index contributed by atoms with van der Waals surface area (Å²) >= 11 is 0. The lowest BCUT2D eigenvalue weighted by molar-refractivity contribution is -0.0472. The van der Waals surface area contributed by atoms with Crippen LogP contribution in [0.5, 0.6) is 0 Å². The van der Waals surface area contributed by atoms with Crippen molar-refractivity contribution in [2.45, 2.75) is 76.3 Å². The molecule has 2 aliphatic carbocycles. The predicted molar refractivity (Wildman–Crippen MR) is 87.6 cm³/mol. The first-order valence-corrected chi connectivity index (χ1v) is 9.43. The fourth-order valence-corrected chi connectivity index (χ4v) is 5.30. The Morgan fingerprint density at radius 1 is 1.05 bits per heavy atom. The van der Waals surface area contributed by atoms with E-state index in [0.717, 1.165) is 38.8 Å². The van der Waals surface area contributed by atoms with E-state index in [2.05, 4.69) is 17.1 Å². The zero-order valence-corrected chi connectivity index (χ0v) is 13.9. The summed E-state index contributed by atoms with van der Waals surface area (Å²) in [4.78, 5) is 2.81. The second kappa shape index (κ2) is 7.43. The average molecular weight is 294 g/mol. The molecule has 1 N–H and O–H groups in total. The fourth-order valence-electron chi connectivity index (χ4n) is 5.30. The molecule has 3 aliphatic rings. The van der Waals surface area contributed by atoms with Crippen molar-refractivity contribution in [3.05, 3.63) is 0 Å². The number of nitrogens with zero attached hydrogens (tertiary/aromatic N) is 1. The molecule has 1 atom stereocenters. The standard InChI is InChI=1S/C18H34N2O/c1-2-19-17(16-8-4-3-5-9-16)18(10-6-7-11-18)20-12-14-21-15-13-20/h16-17,19H,2-15H2,1H3. The Hall–Kier alpha value is -0.120. The maximum atomic E-state index is 5.63. The first-order chi connectivity index (χ1) is 10.4. The minimum Gasteiger partial charge on any atom is -0.379 e. The van der Waals surface area contributed by atoms with Gasteiger partial charge in [-0.1, -0.05) is 39.0 Å². The summed E-state index contributed by atoms with van der Waals surface area (Å²) in [7, 11) is 0. The number of rotatable bonds is 5. The maximum Gasteiger partial charge on any atom is 0.0594 e. The van der Waals surface area contributed by atoms with E-state index in [1.807, 2.05) is 0 Å². The molecule has 3 heteroatoms. The molecule has 2 saturated carbocycles. The lowest BCUT2D eigenvalue weighted by Gasteiger charge is -2.51. The van der Waals surface area contributed by atoms with E-state index >= 15 is 0 Å². The topological polar surface area (TPSA) is 24.5 Å². The van der Waals surface area contributed by atoms with Gasteiger partial charge in [0.2, 0.25) is 0 Å². The zero-order valence-electron chi connectivity index (χ0n) is 13.9. The van der Waals surface area contributed by atoms with Gasteiger partial charge < -0.3 is 10.1 Å². The second-order valence-corrected chi connectivity index (χ2v) is 7.34. The van der Waals surface area contributed by atoms with Gasteiger partial charge in [0.15, 0.2) is 0 Å². The Morgan fingerprint density at radius 3 is 2.33 bits per heavy atom. The molecule has 0 aromatic heterocycles. The van der Waals surface area contributed by atoms with Crippen molar-refractivity contribution in [3.8, 4) is 0 Å². The van der Waals surface area contributed by atoms with Crippen LogP contribution in [0, 0.1) is 5.92 Å². The van der Waals surface area contributed by atoms with Crippen molar-refractivity contribution in [3.63, 3.8) is 0 Å². The van der Waals surface area contributed by atoms with Gasteiger partial charge in [0.05, 0.1) is 13.2 Å². The normalized spacial score (nSPS) is 29.6. The Kier molecular flexibility index (Phi) is 5.58. The maximum absolute atomic E-state index is 5.63. The molecule has 0 amide bonds. The van der Waals surface area contributed by atoms with E-state index in [4.69, 9.17) is 4.74 Å². The molecule has 0 aromatic rings. The highest BCUT2D eigenvalue weighted by molar-refractivity contribution is 5.06. The van der Waals surface area contributed by atoms with Crippen LogP contribution in [0.4, 0.5) is 0 Å². The van der Waals surface area contributed by atoms with Crippen LogP contribution in [0.25, 0.3) is 0 Å². The Morgan fingerprint density at radius 2 is 1.71 bits per heavy atom. The third-order valence-electron chi connectivity index (χ3n) is 6.23. The lowest BCUT2D eigenvalue weighted by Crippen LogP contribution is -2.64. The molecule has 0 radical (unpaired) electrons. The van der Waals surface area contributed by atoms with Crippen molar-refractivity contribution in [1.29, 1.82) is 0 Å². The smallest absolute Gasteiger partial charge is 0.0594 e. The summed E-state index contributed by atoms with van der Waals surface area (Å²) in [5, 5.41) is 3.95. The van der Waals surface area contributed by atoms with Crippen LogP contribution in [0.3, 0.4) is 0 Å². The molecule has 0 bridgehead atoms. The van der Waals surface area contributed by atoms with E-state index in [1.165, 1.54) is 57.8 Å². The van der Waals surface area contributed by atoms with E-state index in [-0.39, 0.29) is 0 Å². The summed E-state index contributed by atoms with van der Waals surface area (Å²) in [6.07, 6.45) is 12.9. The van der Waals surface area contributed by atoms with Gasteiger partial charge >= 0.3 is 0 Å². The molecule has 1 aliphatic heterocycles. The molecule has 3 nitrogen and oxygen atoms in total. The predicted octanol–water partition coefficient (Wildman–Crippen LogP) is 3.19. The minimum atomic E-state index is 0.432. The van der Waals surface area contributed by atoms with Crippen LogP contribution < -0.4 is 5.32 Å². The summed E-state index contributed by atoms with van der Waals surface area (Å²) in [6.45, 7) is 7.57. The van der Waals surface area contributed by atoms with Gasteiger partial charge in [0, 0.05) is 24.7 Å². The van der Waals surface area contributed by atoms with Gasteiger partial charge in [0.25, 0.3) is 0 Å². The van der Waals surface area contributed by atoms with Crippen LogP contribution in [0.15, 0.2) is 0 Å². The molecule has 1 unspecified atom stereocenters. The van der Waals surface area contributed by atoms with Gasteiger partial charge in [-0.25, -0.2) is 0 Å². The zero-order chi connectivity index (χ0) is 14.5. The van der Waals surface area contributed by atoms with Gasteiger partial charge in [0.1, 0.15) is 0 Å². The first kappa shape index (κ1) is 15.8. The minimum absolute atomic E-state index is 0.432. The van der Waals surface area contributed by atoms with Crippen LogP contribution >= 0.6 is 0 Å². The molecule has 1 saturated heterocycles. The Labute approximate surface area is 130 Å². The van der Waals surface area contributed by atoms with Crippen LogP contribution in [0.2, 0.25) is 0 Å². The van der Waals surface area contributed by atoms with Gasteiger partial charge in [-0.15, -0.1) is 0 Å². The highest BCUT2D eigenvalue weighted by Gasteiger charge is 2.48. The van der Waals surface area contributed by atoms with E-state index < -0.39 is 0 Å². The van der Waals surface area contributed by atoms with Crippen LogP contribution in [0.1, 0.15) is 64.7 Å². The average Bonchev–Trinajstić information content (AvgIpc) is 3.05. The number of nitrogens with one attached hydrogen (secondary N) is 1. The molecule has 3 rings (SSSR count). The molecule has 3 fully saturated rings. The quantitative estimate of drug-likeness (QED) is 0.843. The third kappa shape index (κ3) is 3.30. The molecule has 1 heterocycles. The number of morpholine rings is 1. The molecular weight excluding hydrogens is 260 g/mol. The summed E-state index contributed by atoms with van der Waals surface area (Å²) in [5.74, 6) is 0.902. The summed E-state index contributed by atoms with van der Waals surface area (Å²) in [6, 6.07) is 0.711. The Balaban J connectivity index is 1.80. The second-order valence-electron chi connectivity index (χ2n) is 7.34. The van der Waals surface area contributed by atoms with E-state index in [0.29, 0.717) is 11.6 Å². The lowest BCUT2D eigenvalue weighted by atomic mass is 9.73. The van der Waals surface area contributed by atoms with Crippen LogP contribution in [-0.2, 0) is 4.74 Å². The van der Waals surface area contributed by atoms with Crippen molar-refractivity contribution >= 4 is 0 Å². The highest BCUT2D eigenvalue weighted by Crippen LogP contribution is 2.43. The molecule has 0 spiro atoms. The van der Waals surface area contributed by atoms with Crippen molar-refractivity contribution < 1.29 is 4.74 Å². The summed E-state index contributed by atoms with van der Waals surface area (Å²) in [5.41, 5.74) is 0.432. The monoisotopic (exact) mass is 294 g/mol. The number of ether oxygens (including phenoxy) is 1. The Bertz CT molecular complexity index is 302. The largest absolute Gasteiger partial charge is 0.379 e. The van der Waals surface area contributed by atoms with Crippen molar-refractivity contribution in [2.24, 2.45) is 5.92 Å². The van der Waals surface area contributed by atoms with Crippen molar-refractivity contribution in [1.82, 2.24) is 10.2 Å². The number of likely N-dealkylation sites (N-methyl/N-ethyl adjacent to an activating group) is 1. The first-order valence-electron chi connectivity index (χ1n) is 9.43. The number of hydrogen-bond donors (Lipinski definition) is 1. The van der Waals surface area contributed by atoms with E-state index in [9.17, 15) is 0 Å². The number of hydrogen-bond acceptors (Lipinski definition) is 3. The van der Waals surface area contributed by atoms with Gasteiger partial charge in [-0.2, -0.15) is 0 Å². The van der Waals surface area contributed by atoms with E-state index in [1.54, 1.807) is 0 Å². The molecule has 0 aromatic carbocycles. The highest BCUT2D eigenvalue weighted by atomic mass is 16.5. The molecular formula is C18H34N2O.